The number of benzene rings is 1. The minimum atomic E-state index is -0.510. The van der Waals surface area contributed by atoms with Crippen LogP contribution >= 0.6 is 11.8 Å². The Balaban J connectivity index is 1.70. The summed E-state index contributed by atoms with van der Waals surface area (Å²) in [6, 6.07) is 3.46. The molecule has 0 radical (unpaired) electrons. The van der Waals surface area contributed by atoms with E-state index in [1.54, 1.807) is 23.8 Å². The number of rotatable bonds is 4. The standard InChI is InChI=1S/C20H26N2O4S/c1-20(2)16(17(23)21-11-7-5-6-8-11)22-18(24)14-12(19(22)27-20)9-10-13(25-3)15(14)26-4/h9-11,16,19H,5-8H2,1-4H3,(H,21,23)/t16-,19+/m0/s1. The predicted octanol–water partition coefficient (Wildman–Crippen LogP) is 3.11. The van der Waals surface area contributed by atoms with Gasteiger partial charge < -0.3 is 19.7 Å². The second-order valence-electron chi connectivity index (χ2n) is 7.94. The van der Waals surface area contributed by atoms with E-state index in [9.17, 15) is 9.59 Å². The Morgan fingerprint density at radius 1 is 1.22 bits per heavy atom. The van der Waals surface area contributed by atoms with E-state index in [4.69, 9.17) is 9.47 Å². The molecule has 0 bridgehead atoms. The Bertz CT molecular complexity index is 788. The fourth-order valence-corrected chi connectivity index (χ4v) is 6.19. The molecule has 7 heteroatoms. The van der Waals surface area contributed by atoms with E-state index >= 15 is 0 Å². The number of carbonyl (C=O) groups is 2. The van der Waals surface area contributed by atoms with E-state index in [0.29, 0.717) is 17.1 Å². The van der Waals surface area contributed by atoms with E-state index in [1.807, 2.05) is 26.0 Å². The van der Waals surface area contributed by atoms with Crippen LogP contribution in [0.15, 0.2) is 12.1 Å². The topological polar surface area (TPSA) is 67.9 Å². The number of hydrogen-bond acceptors (Lipinski definition) is 5. The molecule has 2 amide bonds. The molecular weight excluding hydrogens is 364 g/mol. The third kappa shape index (κ3) is 2.78. The molecule has 2 heterocycles. The van der Waals surface area contributed by atoms with Gasteiger partial charge in [-0.05, 0) is 32.8 Å². The lowest BCUT2D eigenvalue weighted by molar-refractivity contribution is -0.126. The second kappa shape index (κ2) is 6.62. The van der Waals surface area contributed by atoms with Crippen molar-refractivity contribution in [3.63, 3.8) is 0 Å². The zero-order valence-electron chi connectivity index (χ0n) is 16.2. The summed E-state index contributed by atoms with van der Waals surface area (Å²) >= 11 is 1.66. The molecule has 1 saturated carbocycles. The molecule has 0 spiro atoms. The Kier molecular flexibility index (Phi) is 4.53. The van der Waals surface area contributed by atoms with Crippen LogP contribution in [0.2, 0.25) is 0 Å². The molecular formula is C20H26N2O4S. The molecule has 1 saturated heterocycles. The number of methoxy groups -OCH3 is 2. The van der Waals surface area contributed by atoms with Gasteiger partial charge in [0.25, 0.3) is 5.91 Å². The highest BCUT2D eigenvalue weighted by atomic mass is 32.2. The van der Waals surface area contributed by atoms with E-state index < -0.39 is 6.04 Å². The molecule has 2 aliphatic heterocycles. The molecule has 146 valence electrons. The number of ether oxygens (including phenoxy) is 2. The summed E-state index contributed by atoms with van der Waals surface area (Å²) in [5.41, 5.74) is 1.41. The van der Waals surface area contributed by atoms with Crippen LogP contribution in [0, 0.1) is 0 Å². The van der Waals surface area contributed by atoms with Crippen LogP contribution in [0.1, 0.15) is 60.8 Å². The van der Waals surface area contributed by atoms with Crippen LogP contribution in [0.3, 0.4) is 0 Å². The van der Waals surface area contributed by atoms with Gasteiger partial charge >= 0.3 is 0 Å². The van der Waals surface area contributed by atoms with Crippen LogP contribution < -0.4 is 14.8 Å². The Labute approximate surface area is 164 Å². The number of hydrogen-bond donors (Lipinski definition) is 1. The van der Waals surface area contributed by atoms with Crippen LogP contribution in [-0.4, -0.2) is 47.8 Å². The van der Waals surface area contributed by atoms with E-state index in [0.717, 1.165) is 31.2 Å². The van der Waals surface area contributed by atoms with Crippen molar-refractivity contribution in [1.82, 2.24) is 10.2 Å². The lowest BCUT2D eigenvalue weighted by Gasteiger charge is -2.30. The third-order valence-electron chi connectivity index (χ3n) is 5.85. The Hall–Kier alpha value is -1.89. The molecule has 4 rings (SSSR count). The van der Waals surface area contributed by atoms with Gasteiger partial charge in [0.15, 0.2) is 11.5 Å². The Morgan fingerprint density at radius 2 is 1.93 bits per heavy atom. The highest BCUT2D eigenvalue weighted by molar-refractivity contribution is 8.01. The summed E-state index contributed by atoms with van der Waals surface area (Å²) in [6.07, 6.45) is 4.35. The summed E-state index contributed by atoms with van der Waals surface area (Å²) in [4.78, 5) is 28.3. The van der Waals surface area contributed by atoms with Crippen molar-refractivity contribution in [2.45, 2.75) is 61.7 Å². The molecule has 6 nitrogen and oxygen atoms in total. The number of carbonyl (C=O) groups excluding carboxylic acids is 2. The number of fused-ring (bicyclic) bond motifs is 3. The first kappa shape index (κ1) is 18.5. The molecule has 0 unspecified atom stereocenters. The first-order valence-corrected chi connectivity index (χ1v) is 10.3. The molecule has 1 aromatic rings. The third-order valence-corrected chi connectivity index (χ3v) is 7.38. The van der Waals surface area contributed by atoms with Crippen LogP contribution in [-0.2, 0) is 4.79 Å². The number of thioether (sulfide) groups is 1. The maximum Gasteiger partial charge on any atom is 0.260 e. The van der Waals surface area contributed by atoms with Crippen LogP contribution in [0.5, 0.6) is 11.5 Å². The predicted molar refractivity (Wildman–Crippen MR) is 104 cm³/mol. The van der Waals surface area contributed by atoms with Gasteiger partial charge in [-0.25, -0.2) is 0 Å². The second-order valence-corrected chi connectivity index (χ2v) is 9.68. The van der Waals surface area contributed by atoms with Crippen molar-refractivity contribution in [3.8, 4) is 11.5 Å². The minimum absolute atomic E-state index is 0.0472. The zero-order valence-corrected chi connectivity index (χ0v) is 17.0. The number of nitrogens with one attached hydrogen (secondary N) is 1. The minimum Gasteiger partial charge on any atom is -0.493 e. The summed E-state index contributed by atoms with van der Waals surface area (Å²) < 4.78 is 10.5. The van der Waals surface area contributed by atoms with E-state index in [-0.39, 0.29) is 28.0 Å². The summed E-state index contributed by atoms with van der Waals surface area (Å²) in [5.74, 6) is 0.772. The molecule has 1 aromatic carbocycles. The van der Waals surface area contributed by atoms with E-state index in [1.165, 1.54) is 7.11 Å². The van der Waals surface area contributed by atoms with Gasteiger partial charge in [-0.3, -0.25) is 9.59 Å². The largest absolute Gasteiger partial charge is 0.493 e. The van der Waals surface area contributed by atoms with Gasteiger partial charge in [0.1, 0.15) is 11.4 Å². The summed E-state index contributed by atoms with van der Waals surface area (Å²) in [5, 5.41) is 3.01. The van der Waals surface area contributed by atoms with Crippen LogP contribution in [0.25, 0.3) is 0 Å². The molecule has 27 heavy (non-hydrogen) atoms. The molecule has 1 aliphatic carbocycles. The fraction of sp³-hybridized carbons (Fsp3) is 0.600. The lowest BCUT2D eigenvalue weighted by atomic mass is 10.00. The average Bonchev–Trinajstić information content (AvgIpc) is 3.30. The van der Waals surface area contributed by atoms with Crippen molar-refractivity contribution < 1.29 is 19.1 Å². The smallest absolute Gasteiger partial charge is 0.260 e. The van der Waals surface area contributed by atoms with Crippen molar-refractivity contribution in [2.75, 3.05) is 14.2 Å². The van der Waals surface area contributed by atoms with Crippen molar-refractivity contribution in [2.24, 2.45) is 0 Å². The lowest BCUT2D eigenvalue weighted by Crippen LogP contribution is -2.54. The van der Waals surface area contributed by atoms with Gasteiger partial charge in [-0.1, -0.05) is 18.9 Å². The summed E-state index contributed by atoms with van der Waals surface area (Å²) in [7, 11) is 3.09. The fourth-order valence-electron chi connectivity index (χ4n) is 4.61. The highest BCUT2D eigenvalue weighted by Crippen LogP contribution is 2.58. The number of nitrogens with zero attached hydrogens (tertiary/aromatic N) is 1. The van der Waals surface area contributed by atoms with Gasteiger partial charge in [0.05, 0.1) is 19.8 Å². The maximum atomic E-state index is 13.4. The first-order valence-electron chi connectivity index (χ1n) is 9.44. The molecule has 0 aromatic heterocycles. The highest BCUT2D eigenvalue weighted by Gasteiger charge is 2.58. The van der Waals surface area contributed by atoms with Crippen molar-refractivity contribution in [1.29, 1.82) is 0 Å². The molecule has 3 aliphatic rings. The quantitative estimate of drug-likeness (QED) is 0.856. The van der Waals surface area contributed by atoms with Crippen LogP contribution in [0.4, 0.5) is 0 Å². The SMILES string of the molecule is COc1ccc2c(c1OC)C(=O)N1[C@@H]2SC(C)(C)[C@@H]1C(=O)NC1CCCC1. The van der Waals surface area contributed by atoms with Gasteiger partial charge in [-0.15, -0.1) is 11.8 Å². The normalized spacial score (nSPS) is 26.1. The van der Waals surface area contributed by atoms with Gasteiger partial charge in [-0.2, -0.15) is 0 Å². The molecule has 2 atom stereocenters. The first-order chi connectivity index (χ1) is 12.9. The molecule has 2 fully saturated rings. The Morgan fingerprint density at radius 3 is 2.56 bits per heavy atom. The number of amides is 2. The molecule has 1 N–H and O–H groups in total. The van der Waals surface area contributed by atoms with Gasteiger partial charge in [0, 0.05) is 16.4 Å². The zero-order chi connectivity index (χ0) is 19.3. The maximum absolute atomic E-state index is 13.4. The monoisotopic (exact) mass is 390 g/mol. The van der Waals surface area contributed by atoms with E-state index in [2.05, 4.69) is 5.32 Å². The summed E-state index contributed by atoms with van der Waals surface area (Å²) in [6.45, 7) is 4.09. The van der Waals surface area contributed by atoms with Crippen molar-refractivity contribution in [3.05, 3.63) is 23.3 Å². The van der Waals surface area contributed by atoms with Crippen molar-refractivity contribution >= 4 is 23.6 Å². The average molecular weight is 391 g/mol. The van der Waals surface area contributed by atoms with Gasteiger partial charge in [0.2, 0.25) is 5.91 Å².